The van der Waals surface area contributed by atoms with Crippen molar-refractivity contribution >= 4 is 28.7 Å². The fourth-order valence-corrected chi connectivity index (χ4v) is 5.04. The lowest BCUT2D eigenvalue weighted by Gasteiger charge is -2.26. The molecule has 3 aromatic rings. The van der Waals surface area contributed by atoms with Crippen molar-refractivity contribution in [2.75, 3.05) is 17.7 Å². The van der Waals surface area contributed by atoms with E-state index in [0.29, 0.717) is 17.0 Å². The largest absolute Gasteiger partial charge is 0.394 e. The summed E-state index contributed by atoms with van der Waals surface area (Å²) in [6.45, 7) is -0.387. The Morgan fingerprint density at radius 2 is 2.03 bits per heavy atom. The maximum atomic E-state index is 10.3. The highest BCUT2D eigenvalue weighted by Gasteiger charge is 2.44. The first-order valence-electron chi connectivity index (χ1n) is 9.45. The third kappa shape index (κ3) is 3.17. The molecule has 0 bridgehead atoms. The highest BCUT2D eigenvalue weighted by atomic mass is 32.2. The summed E-state index contributed by atoms with van der Waals surface area (Å²) >= 11 is 1.85. The van der Waals surface area contributed by atoms with E-state index >= 15 is 0 Å². The molecule has 2 aliphatic heterocycles. The van der Waals surface area contributed by atoms with Crippen LogP contribution in [0.3, 0.4) is 0 Å². The van der Waals surface area contributed by atoms with Gasteiger partial charge in [0, 0.05) is 10.6 Å². The molecule has 29 heavy (non-hydrogen) atoms. The summed E-state index contributed by atoms with van der Waals surface area (Å²) in [6.07, 6.45) is -0.215. The Balaban J connectivity index is 1.47. The molecule has 5 rings (SSSR count). The maximum Gasteiger partial charge on any atom is 0.167 e. The fraction of sp³-hybridized carbons (Fsp3) is 0.421. The van der Waals surface area contributed by atoms with Crippen molar-refractivity contribution < 1.29 is 20.1 Å². The van der Waals surface area contributed by atoms with Crippen LogP contribution >= 0.6 is 11.8 Å². The summed E-state index contributed by atoms with van der Waals surface area (Å²) in [4.78, 5) is 14.4. The molecule has 10 heteroatoms. The van der Waals surface area contributed by atoms with Gasteiger partial charge in [0.15, 0.2) is 23.2 Å². The highest BCUT2D eigenvalue weighted by Crippen LogP contribution is 2.38. The Hall–Kier alpha value is -2.24. The van der Waals surface area contributed by atoms with Crippen molar-refractivity contribution in [2.24, 2.45) is 0 Å². The standard InChI is InChI=1S/C19H21N5O4S/c25-7-12-15(26)16(27)19(28-12)24-9-22-14-17(20-8-21-18(14)24)23-11-5-6-29-13-4-2-1-3-10(11)13/h1-4,8-9,11-12,15-16,19,25-27H,5-7H2,(H,20,21,23)/t11?,12-,15-,16-,19-/m1/s1. The van der Waals surface area contributed by atoms with Crippen LogP contribution in [0.5, 0.6) is 0 Å². The molecule has 5 atom stereocenters. The third-order valence-corrected chi connectivity index (χ3v) is 6.54. The van der Waals surface area contributed by atoms with E-state index in [0.717, 1.165) is 12.2 Å². The van der Waals surface area contributed by atoms with E-state index in [-0.39, 0.29) is 12.6 Å². The molecule has 4 heterocycles. The summed E-state index contributed by atoms with van der Waals surface area (Å²) in [6, 6.07) is 8.44. The van der Waals surface area contributed by atoms with Crippen LogP contribution in [0.1, 0.15) is 24.3 Å². The van der Waals surface area contributed by atoms with Crippen molar-refractivity contribution in [3.63, 3.8) is 0 Å². The number of benzene rings is 1. The van der Waals surface area contributed by atoms with Crippen LogP contribution in [-0.2, 0) is 4.74 Å². The van der Waals surface area contributed by atoms with Gasteiger partial charge in [-0.15, -0.1) is 11.8 Å². The number of nitrogens with zero attached hydrogens (tertiary/aromatic N) is 4. The lowest BCUT2D eigenvalue weighted by molar-refractivity contribution is -0.0511. The van der Waals surface area contributed by atoms with Crippen LogP contribution in [0.15, 0.2) is 41.8 Å². The van der Waals surface area contributed by atoms with Gasteiger partial charge in [-0.3, -0.25) is 4.57 Å². The molecule has 0 saturated carbocycles. The second-order valence-corrected chi connectivity index (χ2v) is 8.28. The van der Waals surface area contributed by atoms with E-state index in [2.05, 4.69) is 32.4 Å². The molecule has 2 aliphatic rings. The van der Waals surface area contributed by atoms with Gasteiger partial charge in [-0.1, -0.05) is 18.2 Å². The number of aromatic nitrogens is 4. The molecule has 1 aromatic carbocycles. The molecule has 4 N–H and O–H groups in total. The normalized spacial score (nSPS) is 29.1. The van der Waals surface area contributed by atoms with E-state index in [9.17, 15) is 15.3 Å². The van der Waals surface area contributed by atoms with Gasteiger partial charge in [0.25, 0.3) is 0 Å². The Morgan fingerprint density at radius 3 is 2.86 bits per heavy atom. The zero-order chi connectivity index (χ0) is 20.0. The molecule has 1 saturated heterocycles. The first kappa shape index (κ1) is 18.8. The van der Waals surface area contributed by atoms with Crippen molar-refractivity contribution in [1.82, 2.24) is 19.5 Å². The zero-order valence-corrected chi connectivity index (χ0v) is 16.2. The quantitative estimate of drug-likeness (QED) is 0.495. The second kappa shape index (κ2) is 7.54. The fourth-order valence-electron chi connectivity index (χ4n) is 3.91. The molecule has 2 aromatic heterocycles. The molecule has 0 radical (unpaired) electrons. The van der Waals surface area contributed by atoms with Crippen LogP contribution in [0.4, 0.5) is 5.82 Å². The van der Waals surface area contributed by atoms with Crippen LogP contribution in [0.2, 0.25) is 0 Å². The number of aliphatic hydroxyl groups excluding tert-OH is 3. The van der Waals surface area contributed by atoms with Gasteiger partial charge >= 0.3 is 0 Å². The average Bonchev–Trinajstić information content (AvgIpc) is 3.30. The van der Waals surface area contributed by atoms with Crippen LogP contribution in [0, 0.1) is 0 Å². The van der Waals surface area contributed by atoms with Crippen molar-refractivity contribution in [1.29, 1.82) is 0 Å². The van der Waals surface area contributed by atoms with E-state index in [1.54, 1.807) is 4.57 Å². The molecule has 152 valence electrons. The van der Waals surface area contributed by atoms with E-state index in [1.165, 1.54) is 23.1 Å². The number of ether oxygens (including phenoxy) is 1. The van der Waals surface area contributed by atoms with Crippen molar-refractivity contribution in [3.8, 4) is 0 Å². The Morgan fingerprint density at radius 1 is 1.17 bits per heavy atom. The highest BCUT2D eigenvalue weighted by molar-refractivity contribution is 7.99. The second-order valence-electron chi connectivity index (χ2n) is 7.15. The Bertz CT molecular complexity index is 1030. The molecular formula is C19H21N5O4S. The lowest BCUT2D eigenvalue weighted by atomic mass is 10.0. The van der Waals surface area contributed by atoms with Gasteiger partial charge in [0.05, 0.1) is 19.0 Å². The van der Waals surface area contributed by atoms with E-state index in [1.807, 2.05) is 23.9 Å². The number of anilines is 1. The summed E-state index contributed by atoms with van der Waals surface area (Å²) in [5, 5.41) is 33.2. The van der Waals surface area contributed by atoms with Gasteiger partial charge in [0.1, 0.15) is 24.6 Å². The summed E-state index contributed by atoms with van der Waals surface area (Å²) in [5.41, 5.74) is 2.27. The van der Waals surface area contributed by atoms with Gasteiger partial charge < -0.3 is 25.4 Å². The maximum absolute atomic E-state index is 10.3. The Labute approximate surface area is 170 Å². The molecule has 1 fully saturated rings. The molecule has 0 spiro atoms. The molecule has 0 aliphatic carbocycles. The minimum absolute atomic E-state index is 0.115. The zero-order valence-electron chi connectivity index (χ0n) is 15.4. The number of aliphatic hydroxyl groups is 3. The molecule has 1 unspecified atom stereocenters. The number of hydrogen-bond donors (Lipinski definition) is 4. The SMILES string of the molecule is OC[C@H]1O[C@@H](n2cnc3c(NC4CCSc5ccccc54)ncnc32)[C@H](O)[C@@H]1O. The number of hydrogen-bond acceptors (Lipinski definition) is 9. The monoisotopic (exact) mass is 415 g/mol. The van der Waals surface area contributed by atoms with Crippen molar-refractivity contribution in [2.45, 2.75) is 41.9 Å². The number of rotatable bonds is 4. The smallest absolute Gasteiger partial charge is 0.167 e. The number of fused-ring (bicyclic) bond motifs is 2. The van der Waals surface area contributed by atoms with Crippen LogP contribution in [-0.4, -0.2) is 65.5 Å². The number of nitrogens with one attached hydrogen (secondary N) is 1. The lowest BCUT2D eigenvalue weighted by Crippen LogP contribution is -2.33. The van der Waals surface area contributed by atoms with E-state index in [4.69, 9.17) is 4.74 Å². The average molecular weight is 415 g/mol. The number of imidazole rings is 1. The number of thioether (sulfide) groups is 1. The molecule has 0 amide bonds. The van der Waals surface area contributed by atoms with Gasteiger partial charge in [-0.05, 0) is 18.1 Å². The molecular weight excluding hydrogens is 394 g/mol. The third-order valence-electron chi connectivity index (χ3n) is 5.42. The first-order valence-corrected chi connectivity index (χ1v) is 10.4. The summed E-state index contributed by atoms with van der Waals surface area (Å²) in [5.74, 6) is 1.62. The minimum atomic E-state index is -1.20. The van der Waals surface area contributed by atoms with E-state index < -0.39 is 24.5 Å². The summed E-state index contributed by atoms with van der Waals surface area (Å²) in [7, 11) is 0. The van der Waals surface area contributed by atoms with Crippen molar-refractivity contribution in [3.05, 3.63) is 42.5 Å². The molecule has 9 nitrogen and oxygen atoms in total. The topological polar surface area (TPSA) is 126 Å². The van der Waals surface area contributed by atoms with Gasteiger partial charge in [-0.25, -0.2) is 15.0 Å². The van der Waals surface area contributed by atoms with Gasteiger partial charge in [-0.2, -0.15) is 0 Å². The summed E-state index contributed by atoms with van der Waals surface area (Å²) < 4.78 is 7.18. The minimum Gasteiger partial charge on any atom is -0.394 e. The van der Waals surface area contributed by atoms with Crippen LogP contribution < -0.4 is 5.32 Å². The van der Waals surface area contributed by atoms with Gasteiger partial charge in [0.2, 0.25) is 0 Å². The Kier molecular flexibility index (Phi) is 4.88. The predicted octanol–water partition coefficient (Wildman–Crippen LogP) is 1.09. The first-order chi connectivity index (χ1) is 14.2. The predicted molar refractivity (Wildman–Crippen MR) is 106 cm³/mol. The van der Waals surface area contributed by atoms with Crippen LogP contribution in [0.25, 0.3) is 11.2 Å².